The molecule has 0 aromatic heterocycles. The van der Waals surface area contributed by atoms with Gasteiger partial charge in [0.05, 0.1) is 11.7 Å². The number of ether oxygens (including phenoxy) is 1. The standard InChI is InChI=1S/C15H31NO/c1-5-10-16-12-15(8-6-7-9-15)17-14(4)11-13(2)3/h13-14,16H,5-12H2,1-4H3. The quantitative estimate of drug-likeness (QED) is 0.653. The Kier molecular flexibility index (Phi) is 6.50. The molecule has 0 amide bonds. The van der Waals surface area contributed by atoms with E-state index >= 15 is 0 Å². The fraction of sp³-hybridized carbons (Fsp3) is 1.00. The number of hydrogen-bond donors (Lipinski definition) is 1. The summed E-state index contributed by atoms with van der Waals surface area (Å²) in [4.78, 5) is 0. The van der Waals surface area contributed by atoms with E-state index in [0.29, 0.717) is 6.10 Å². The van der Waals surface area contributed by atoms with E-state index in [1.165, 1.54) is 38.5 Å². The van der Waals surface area contributed by atoms with Crippen molar-refractivity contribution in [3.8, 4) is 0 Å². The lowest BCUT2D eigenvalue weighted by atomic mass is 10.00. The van der Waals surface area contributed by atoms with Gasteiger partial charge >= 0.3 is 0 Å². The van der Waals surface area contributed by atoms with Crippen molar-refractivity contribution < 1.29 is 4.74 Å². The summed E-state index contributed by atoms with van der Waals surface area (Å²) >= 11 is 0. The first-order valence-electron chi connectivity index (χ1n) is 7.46. The van der Waals surface area contributed by atoms with Crippen LogP contribution >= 0.6 is 0 Å². The van der Waals surface area contributed by atoms with Gasteiger partial charge in [0.25, 0.3) is 0 Å². The number of hydrogen-bond acceptors (Lipinski definition) is 2. The maximum Gasteiger partial charge on any atom is 0.0809 e. The number of rotatable bonds is 8. The van der Waals surface area contributed by atoms with Gasteiger partial charge < -0.3 is 10.1 Å². The van der Waals surface area contributed by atoms with Crippen LogP contribution in [-0.4, -0.2) is 24.8 Å². The third kappa shape index (κ3) is 5.39. The molecule has 0 aromatic rings. The highest BCUT2D eigenvalue weighted by molar-refractivity contribution is 4.89. The van der Waals surface area contributed by atoms with Crippen LogP contribution in [0.15, 0.2) is 0 Å². The van der Waals surface area contributed by atoms with Crippen molar-refractivity contribution in [3.05, 3.63) is 0 Å². The van der Waals surface area contributed by atoms with Gasteiger partial charge in [-0.1, -0.05) is 33.6 Å². The van der Waals surface area contributed by atoms with Gasteiger partial charge in [-0.25, -0.2) is 0 Å². The molecule has 0 radical (unpaired) electrons. The van der Waals surface area contributed by atoms with Crippen molar-refractivity contribution in [2.24, 2.45) is 5.92 Å². The minimum absolute atomic E-state index is 0.142. The lowest BCUT2D eigenvalue weighted by molar-refractivity contribution is -0.0873. The van der Waals surface area contributed by atoms with Gasteiger partial charge in [-0.2, -0.15) is 0 Å². The number of nitrogens with one attached hydrogen (secondary N) is 1. The Bertz CT molecular complexity index is 197. The van der Waals surface area contributed by atoms with Gasteiger partial charge in [0.15, 0.2) is 0 Å². The topological polar surface area (TPSA) is 21.3 Å². The van der Waals surface area contributed by atoms with Crippen LogP contribution in [0.1, 0.15) is 66.2 Å². The highest BCUT2D eigenvalue weighted by Crippen LogP contribution is 2.34. The first kappa shape index (κ1) is 15.0. The molecule has 17 heavy (non-hydrogen) atoms. The fourth-order valence-corrected chi connectivity index (χ4v) is 2.99. The molecule has 1 atom stereocenters. The Balaban J connectivity index is 2.41. The predicted molar refractivity (Wildman–Crippen MR) is 74.4 cm³/mol. The van der Waals surface area contributed by atoms with Crippen LogP contribution in [0.5, 0.6) is 0 Å². The lowest BCUT2D eigenvalue weighted by Crippen LogP contribution is -2.43. The first-order chi connectivity index (χ1) is 8.08. The van der Waals surface area contributed by atoms with Crippen LogP contribution < -0.4 is 5.32 Å². The second kappa shape index (κ2) is 7.38. The van der Waals surface area contributed by atoms with Gasteiger partial charge in [0.1, 0.15) is 0 Å². The van der Waals surface area contributed by atoms with E-state index in [0.717, 1.165) is 19.0 Å². The zero-order chi connectivity index (χ0) is 12.7. The van der Waals surface area contributed by atoms with Gasteiger partial charge in [0, 0.05) is 6.54 Å². The predicted octanol–water partition coefficient (Wildman–Crippen LogP) is 3.75. The summed E-state index contributed by atoms with van der Waals surface area (Å²) in [6.07, 6.45) is 7.94. The van der Waals surface area contributed by atoms with Crippen LogP contribution in [0.25, 0.3) is 0 Å². The van der Waals surface area contributed by atoms with Crippen LogP contribution in [-0.2, 0) is 4.74 Å². The third-order valence-electron chi connectivity index (χ3n) is 3.64. The summed E-state index contributed by atoms with van der Waals surface area (Å²) in [6, 6.07) is 0. The molecule has 0 aromatic carbocycles. The van der Waals surface area contributed by atoms with E-state index in [2.05, 4.69) is 33.0 Å². The SMILES string of the molecule is CCCNCC1(OC(C)CC(C)C)CCCC1. The van der Waals surface area contributed by atoms with Gasteiger partial charge in [-0.3, -0.25) is 0 Å². The summed E-state index contributed by atoms with van der Waals surface area (Å²) in [5, 5.41) is 3.55. The molecule has 102 valence electrons. The summed E-state index contributed by atoms with van der Waals surface area (Å²) in [7, 11) is 0. The molecule has 1 aliphatic rings. The van der Waals surface area contributed by atoms with E-state index in [1.807, 2.05) is 0 Å². The van der Waals surface area contributed by atoms with E-state index < -0.39 is 0 Å². The highest BCUT2D eigenvalue weighted by Gasteiger charge is 2.35. The Hall–Kier alpha value is -0.0800. The minimum Gasteiger partial charge on any atom is -0.371 e. The van der Waals surface area contributed by atoms with Crippen molar-refractivity contribution in [1.82, 2.24) is 5.32 Å². The normalized spacial score (nSPS) is 21.0. The molecule has 1 rings (SSSR count). The largest absolute Gasteiger partial charge is 0.371 e. The summed E-state index contributed by atoms with van der Waals surface area (Å²) < 4.78 is 6.39. The Morgan fingerprint density at radius 2 is 1.82 bits per heavy atom. The summed E-state index contributed by atoms with van der Waals surface area (Å²) in [6.45, 7) is 11.2. The average molecular weight is 241 g/mol. The van der Waals surface area contributed by atoms with E-state index in [9.17, 15) is 0 Å². The fourth-order valence-electron chi connectivity index (χ4n) is 2.99. The van der Waals surface area contributed by atoms with Crippen molar-refractivity contribution >= 4 is 0 Å². The second-order valence-corrected chi connectivity index (χ2v) is 6.12. The average Bonchev–Trinajstić information content (AvgIpc) is 2.65. The molecule has 0 spiro atoms. The molecule has 0 aliphatic heterocycles. The molecule has 0 saturated heterocycles. The van der Waals surface area contributed by atoms with Crippen LogP contribution in [0, 0.1) is 5.92 Å². The molecule has 2 nitrogen and oxygen atoms in total. The molecule has 2 heteroatoms. The third-order valence-corrected chi connectivity index (χ3v) is 3.64. The molecule has 1 aliphatic carbocycles. The molecular weight excluding hydrogens is 210 g/mol. The van der Waals surface area contributed by atoms with Crippen molar-refractivity contribution in [1.29, 1.82) is 0 Å². The molecule has 1 N–H and O–H groups in total. The summed E-state index contributed by atoms with van der Waals surface area (Å²) in [5.74, 6) is 0.729. The maximum atomic E-state index is 6.39. The Morgan fingerprint density at radius 1 is 1.18 bits per heavy atom. The molecule has 0 heterocycles. The summed E-state index contributed by atoms with van der Waals surface area (Å²) in [5.41, 5.74) is 0.142. The van der Waals surface area contributed by atoms with E-state index in [-0.39, 0.29) is 5.60 Å². The molecule has 1 saturated carbocycles. The maximum absolute atomic E-state index is 6.39. The van der Waals surface area contributed by atoms with E-state index in [4.69, 9.17) is 4.74 Å². The Morgan fingerprint density at radius 3 is 2.35 bits per heavy atom. The van der Waals surface area contributed by atoms with Crippen molar-refractivity contribution in [3.63, 3.8) is 0 Å². The van der Waals surface area contributed by atoms with E-state index in [1.54, 1.807) is 0 Å². The van der Waals surface area contributed by atoms with Crippen LogP contribution in [0.2, 0.25) is 0 Å². The monoisotopic (exact) mass is 241 g/mol. The van der Waals surface area contributed by atoms with Gasteiger partial charge in [0.2, 0.25) is 0 Å². The first-order valence-corrected chi connectivity index (χ1v) is 7.46. The van der Waals surface area contributed by atoms with Gasteiger partial charge in [-0.05, 0) is 45.1 Å². The van der Waals surface area contributed by atoms with Crippen LogP contribution in [0.4, 0.5) is 0 Å². The Labute approximate surface area is 108 Å². The molecular formula is C15H31NO. The van der Waals surface area contributed by atoms with Gasteiger partial charge in [-0.15, -0.1) is 0 Å². The second-order valence-electron chi connectivity index (χ2n) is 6.12. The molecule has 1 unspecified atom stereocenters. The smallest absolute Gasteiger partial charge is 0.0809 e. The van der Waals surface area contributed by atoms with Crippen molar-refractivity contribution in [2.75, 3.05) is 13.1 Å². The zero-order valence-electron chi connectivity index (χ0n) is 12.2. The highest BCUT2D eigenvalue weighted by atomic mass is 16.5. The van der Waals surface area contributed by atoms with Crippen molar-refractivity contribution in [2.45, 2.75) is 77.9 Å². The lowest BCUT2D eigenvalue weighted by Gasteiger charge is -2.33. The molecule has 1 fully saturated rings. The molecule has 0 bridgehead atoms. The zero-order valence-corrected chi connectivity index (χ0v) is 12.2. The van der Waals surface area contributed by atoms with Crippen LogP contribution in [0.3, 0.4) is 0 Å². The minimum atomic E-state index is 0.142.